The number of fused-ring (bicyclic) bond motifs is 1. The Morgan fingerprint density at radius 1 is 1.19 bits per heavy atom. The minimum Gasteiger partial charge on any atom is -0.362 e. The summed E-state index contributed by atoms with van der Waals surface area (Å²) in [4.78, 5) is 16.6. The molecule has 0 bridgehead atoms. The summed E-state index contributed by atoms with van der Waals surface area (Å²) < 4.78 is 0.980. The van der Waals surface area contributed by atoms with Crippen LogP contribution in [0.2, 0.25) is 0 Å². The first-order valence-electron chi connectivity index (χ1n) is 8.13. The molecule has 0 aliphatic rings. The molecule has 4 aromatic rings. The maximum absolute atomic E-state index is 7.70. The molecule has 0 saturated heterocycles. The van der Waals surface area contributed by atoms with Gasteiger partial charge in [-0.15, -0.1) is 0 Å². The molecule has 130 valence electrons. The second-order valence-corrected chi connectivity index (χ2v) is 7.70. The van der Waals surface area contributed by atoms with Crippen molar-refractivity contribution < 1.29 is 0 Å². The Hall–Kier alpha value is -2.88. The fraction of sp³-hybridized carbons (Fsp3) is 0. The van der Waals surface area contributed by atoms with E-state index in [4.69, 9.17) is 6.57 Å². The van der Waals surface area contributed by atoms with Crippen LogP contribution in [0.5, 0.6) is 0 Å². The molecule has 0 saturated carbocycles. The minimum absolute atomic E-state index is 0.565. The quantitative estimate of drug-likeness (QED) is 0.385. The Labute approximate surface area is 169 Å². The fourth-order valence-electron chi connectivity index (χ4n) is 2.74. The SMILES string of the molecule is [C-]#[N+]/C(=C\c1cnccc1Sc1ccccn1)c1c[nH]c2ccc(Br)cc12. The molecular formula is C21H13BrN4S. The van der Waals surface area contributed by atoms with Crippen molar-refractivity contribution in [3.05, 3.63) is 94.3 Å². The number of hydrogen-bond donors (Lipinski definition) is 1. The number of benzene rings is 1. The van der Waals surface area contributed by atoms with Gasteiger partial charge in [-0.1, -0.05) is 33.8 Å². The Bertz CT molecular complexity index is 1180. The van der Waals surface area contributed by atoms with Crippen molar-refractivity contribution in [3.63, 3.8) is 0 Å². The summed E-state index contributed by atoms with van der Waals surface area (Å²) in [6.45, 7) is 7.70. The van der Waals surface area contributed by atoms with Gasteiger partial charge in [-0.25, -0.2) is 9.83 Å². The van der Waals surface area contributed by atoms with E-state index < -0.39 is 0 Å². The van der Waals surface area contributed by atoms with Crippen LogP contribution in [0.15, 0.2) is 81.6 Å². The summed E-state index contributed by atoms with van der Waals surface area (Å²) in [6.07, 6.45) is 9.06. The zero-order valence-electron chi connectivity index (χ0n) is 14.1. The third-order valence-corrected chi connectivity index (χ3v) is 5.53. The Kier molecular flexibility index (Phi) is 5.05. The van der Waals surface area contributed by atoms with Crippen molar-refractivity contribution >= 4 is 50.4 Å². The Morgan fingerprint density at radius 2 is 2.11 bits per heavy atom. The maximum atomic E-state index is 7.70. The highest BCUT2D eigenvalue weighted by Gasteiger charge is 2.11. The second kappa shape index (κ2) is 7.78. The van der Waals surface area contributed by atoms with E-state index in [1.165, 1.54) is 0 Å². The van der Waals surface area contributed by atoms with Gasteiger partial charge in [0.2, 0.25) is 0 Å². The number of hydrogen-bond acceptors (Lipinski definition) is 3. The van der Waals surface area contributed by atoms with Crippen molar-refractivity contribution in [2.24, 2.45) is 0 Å². The van der Waals surface area contributed by atoms with Crippen LogP contribution in [0.25, 0.3) is 27.5 Å². The lowest BCUT2D eigenvalue weighted by Crippen LogP contribution is -1.86. The molecule has 4 rings (SSSR count). The first-order chi connectivity index (χ1) is 13.2. The first kappa shape index (κ1) is 17.5. The van der Waals surface area contributed by atoms with Crippen molar-refractivity contribution in [3.8, 4) is 0 Å². The average Bonchev–Trinajstić information content (AvgIpc) is 3.11. The van der Waals surface area contributed by atoms with E-state index in [1.807, 2.05) is 54.7 Å². The summed E-state index contributed by atoms with van der Waals surface area (Å²) in [7, 11) is 0. The molecule has 0 atom stereocenters. The molecule has 1 N–H and O–H groups in total. The van der Waals surface area contributed by atoms with Crippen LogP contribution in [-0.2, 0) is 0 Å². The molecule has 0 amide bonds. The van der Waals surface area contributed by atoms with Crippen LogP contribution in [0, 0.1) is 6.57 Å². The number of nitrogens with zero attached hydrogens (tertiary/aromatic N) is 3. The van der Waals surface area contributed by atoms with Crippen LogP contribution in [0.3, 0.4) is 0 Å². The second-order valence-electron chi connectivity index (χ2n) is 5.72. The zero-order valence-corrected chi connectivity index (χ0v) is 16.5. The lowest BCUT2D eigenvalue weighted by Gasteiger charge is -2.06. The molecule has 3 heterocycles. The zero-order chi connectivity index (χ0) is 18.6. The largest absolute Gasteiger partial charge is 0.362 e. The summed E-state index contributed by atoms with van der Waals surface area (Å²) >= 11 is 5.06. The summed E-state index contributed by atoms with van der Waals surface area (Å²) in [5.74, 6) is 0. The molecule has 0 aliphatic carbocycles. The van der Waals surface area contributed by atoms with E-state index in [0.717, 1.165) is 36.4 Å². The monoisotopic (exact) mass is 432 g/mol. The standard InChI is InChI=1S/C21H13BrN4S/c1-23-19(17-13-26-18-6-5-15(22)11-16(17)18)10-14-12-24-9-7-20(14)27-21-4-2-3-8-25-21/h2-13,26H/b19-10-. The van der Waals surface area contributed by atoms with Crippen molar-refractivity contribution in [2.75, 3.05) is 0 Å². The van der Waals surface area contributed by atoms with E-state index in [2.05, 4.69) is 35.7 Å². The van der Waals surface area contributed by atoms with Crippen molar-refractivity contribution in [1.29, 1.82) is 0 Å². The van der Waals surface area contributed by atoms with Crippen molar-refractivity contribution in [1.82, 2.24) is 15.0 Å². The molecular weight excluding hydrogens is 420 g/mol. The van der Waals surface area contributed by atoms with E-state index in [9.17, 15) is 0 Å². The van der Waals surface area contributed by atoms with Gasteiger partial charge in [0.15, 0.2) is 5.70 Å². The summed E-state index contributed by atoms with van der Waals surface area (Å²) in [5, 5.41) is 1.91. The molecule has 0 radical (unpaired) electrons. The molecule has 1 aromatic carbocycles. The summed E-state index contributed by atoms with van der Waals surface area (Å²) in [5.41, 5.74) is 3.33. The number of halogens is 1. The molecule has 0 spiro atoms. The number of aromatic nitrogens is 3. The van der Waals surface area contributed by atoms with E-state index in [1.54, 1.807) is 30.4 Å². The molecule has 4 nitrogen and oxygen atoms in total. The average molecular weight is 433 g/mol. The van der Waals surface area contributed by atoms with Gasteiger partial charge in [0.1, 0.15) is 5.03 Å². The predicted octanol–water partition coefficient (Wildman–Crippen LogP) is 6.29. The fourth-order valence-corrected chi connectivity index (χ4v) is 3.94. The van der Waals surface area contributed by atoms with E-state index in [-0.39, 0.29) is 0 Å². The molecule has 27 heavy (non-hydrogen) atoms. The highest BCUT2D eigenvalue weighted by Crippen LogP contribution is 2.33. The lowest BCUT2D eigenvalue weighted by atomic mass is 10.1. The molecule has 0 fully saturated rings. The van der Waals surface area contributed by atoms with Gasteiger partial charge in [0.25, 0.3) is 0 Å². The van der Waals surface area contributed by atoms with E-state index >= 15 is 0 Å². The highest BCUT2D eigenvalue weighted by atomic mass is 79.9. The van der Waals surface area contributed by atoms with Gasteiger partial charge in [-0.05, 0) is 59.6 Å². The number of nitrogens with one attached hydrogen (secondary N) is 1. The van der Waals surface area contributed by atoms with Gasteiger partial charge >= 0.3 is 0 Å². The van der Waals surface area contributed by atoms with Gasteiger partial charge in [0.05, 0.1) is 6.57 Å². The summed E-state index contributed by atoms with van der Waals surface area (Å²) in [6, 6.07) is 13.8. The lowest BCUT2D eigenvalue weighted by molar-refractivity contribution is 1.13. The molecule has 3 aromatic heterocycles. The van der Waals surface area contributed by atoms with Gasteiger partial charge < -0.3 is 4.98 Å². The van der Waals surface area contributed by atoms with Crippen LogP contribution >= 0.6 is 27.7 Å². The van der Waals surface area contributed by atoms with Crippen LogP contribution in [-0.4, -0.2) is 15.0 Å². The van der Waals surface area contributed by atoms with Crippen LogP contribution in [0.1, 0.15) is 11.1 Å². The maximum Gasteiger partial charge on any atom is 0.197 e. The minimum atomic E-state index is 0.565. The number of aromatic amines is 1. The smallest absolute Gasteiger partial charge is 0.197 e. The van der Waals surface area contributed by atoms with Crippen LogP contribution < -0.4 is 0 Å². The Balaban J connectivity index is 1.77. The number of pyridine rings is 2. The number of rotatable bonds is 4. The predicted molar refractivity (Wildman–Crippen MR) is 113 cm³/mol. The molecule has 0 unspecified atom stereocenters. The van der Waals surface area contributed by atoms with Gasteiger partial charge in [-0.2, -0.15) is 0 Å². The first-order valence-corrected chi connectivity index (χ1v) is 9.74. The normalized spacial score (nSPS) is 11.5. The van der Waals surface area contributed by atoms with E-state index in [0.29, 0.717) is 5.70 Å². The third-order valence-electron chi connectivity index (χ3n) is 3.99. The van der Waals surface area contributed by atoms with Crippen LogP contribution in [0.4, 0.5) is 0 Å². The topological polar surface area (TPSA) is 45.9 Å². The van der Waals surface area contributed by atoms with Crippen molar-refractivity contribution in [2.45, 2.75) is 9.92 Å². The number of H-pyrrole nitrogens is 1. The third kappa shape index (κ3) is 3.80. The molecule has 0 aliphatic heterocycles. The highest BCUT2D eigenvalue weighted by molar-refractivity contribution is 9.10. The Morgan fingerprint density at radius 3 is 2.93 bits per heavy atom. The van der Waals surface area contributed by atoms with Gasteiger partial charge in [0, 0.05) is 39.0 Å². The van der Waals surface area contributed by atoms with Gasteiger partial charge in [-0.3, -0.25) is 4.98 Å². The molecule has 6 heteroatoms.